The summed E-state index contributed by atoms with van der Waals surface area (Å²) < 4.78 is 5.73. The summed E-state index contributed by atoms with van der Waals surface area (Å²) in [5.41, 5.74) is 5.58. The van der Waals surface area contributed by atoms with E-state index in [-0.39, 0.29) is 0 Å². The molecule has 1 aliphatic heterocycles. The Morgan fingerprint density at radius 3 is 2.50 bits per heavy atom. The number of hydrogen-bond donors (Lipinski definition) is 1. The summed E-state index contributed by atoms with van der Waals surface area (Å²) in [5, 5.41) is 3.41. The quantitative estimate of drug-likeness (QED) is 0.894. The van der Waals surface area contributed by atoms with Crippen LogP contribution >= 0.6 is 0 Å². The zero-order chi connectivity index (χ0) is 14.5. The SMILES string of the molecule is CCOc1cc(C)c(CCN2CCNCC2)c(C)c1C. The van der Waals surface area contributed by atoms with Crippen molar-refractivity contribution >= 4 is 0 Å². The number of hydrogen-bond acceptors (Lipinski definition) is 3. The number of rotatable bonds is 5. The third-order valence-electron chi connectivity index (χ3n) is 4.40. The van der Waals surface area contributed by atoms with Crippen LogP contribution in [0.2, 0.25) is 0 Å². The number of nitrogens with one attached hydrogen (secondary N) is 1. The second-order valence-electron chi connectivity index (χ2n) is 5.69. The van der Waals surface area contributed by atoms with Gasteiger partial charge in [-0.25, -0.2) is 0 Å². The summed E-state index contributed by atoms with van der Waals surface area (Å²) in [7, 11) is 0. The van der Waals surface area contributed by atoms with Gasteiger partial charge in [0.1, 0.15) is 5.75 Å². The lowest BCUT2D eigenvalue weighted by atomic mass is 9.95. The minimum atomic E-state index is 0.736. The molecule has 0 bridgehead atoms. The summed E-state index contributed by atoms with van der Waals surface area (Å²) in [6.45, 7) is 15.2. The average molecular weight is 276 g/mol. The Morgan fingerprint density at radius 2 is 1.85 bits per heavy atom. The smallest absolute Gasteiger partial charge is 0.122 e. The van der Waals surface area contributed by atoms with Crippen molar-refractivity contribution in [3.05, 3.63) is 28.3 Å². The Kier molecular flexibility index (Phi) is 5.44. The molecular weight excluding hydrogens is 248 g/mol. The Labute approximate surface area is 123 Å². The van der Waals surface area contributed by atoms with Gasteiger partial charge < -0.3 is 15.0 Å². The molecule has 1 aromatic carbocycles. The maximum Gasteiger partial charge on any atom is 0.122 e. The van der Waals surface area contributed by atoms with Crippen molar-refractivity contribution in [2.45, 2.75) is 34.1 Å². The monoisotopic (exact) mass is 276 g/mol. The molecule has 0 aromatic heterocycles. The molecule has 1 aliphatic rings. The van der Waals surface area contributed by atoms with Crippen LogP contribution in [0.15, 0.2) is 6.07 Å². The fourth-order valence-electron chi connectivity index (χ4n) is 2.99. The number of piperazine rings is 1. The first-order valence-electron chi connectivity index (χ1n) is 7.79. The molecule has 2 rings (SSSR count). The van der Waals surface area contributed by atoms with Crippen LogP contribution in [0.4, 0.5) is 0 Å². The molecule has 1 fully saturated rings. The molecule has 1 aromatic rings. The third-order valence-corrected chi connectivity index (χ3v) is 4.40. The van der Waals surface area contributed by atoms with Crippen LogP contribution in [0, 0.1) is 20.8 Å². The molecule has 3 nitrogen and oxygen atoms in total. The van der Waals surface area contributed by atoms with Crippen molar-refractivity contribution in [2.24, 2.45) is 0 Å². The summed E-state index contributed by atoms with van der Waals surface area (Å²) in [4.78, 5) is 2.56. The lowest BCUT2D eigenvalue weighted by Crippen LogP contribution is -2.44. The van der Waals surface area contributed by atoms with Crippen molar-refractivity contribution < 1.29 is 4.74 Å². The molecule has 0 atom stereocenters. The third kappa shape index (κ3) is 3.53. The van der Waals surface area contributed by atoms with Crippen molar-refractivity contribution in [1.29, 1.82) is 0 Å². The summed E-state index contributed by atoms with van der Waals surface area (Å²) in [5.74, 6) is 1.05. The number of aryl methyl sites for hydroxylation is 1. The molecule has 0 unspecified atom stereocenters. The minimum absolute atomic E-state index is 0.736. The molecule has 1 N–H and O–H groups in total. The molecular formula is C17H28N2O. The van der Waals surface area contributed by atoms with E-state index in [1.807, 2.05) is 6.92 Å². The van der Waals surface area contributed by atoms with Crippen molar-refractivity contribution in [1.82, 2.24) is 10.2 Å². The second-order valence-corrected chi connectivity index (χ2v) is 5.69. The Hall–Kier alpha value is -1.06. The Bertz CT molecular complexity index is 451. The van der Waals surface area contributed by atoms with Gasteiger partial charge >= 0.3 is 0 Å². The number of nitrogens with zero attached hydrogens (tertiary/aromatic N) is 1. The van der Waals surface area contributed by atoms with E-state index in [9.17, 15) is 0 Å². The zero-order valence-corrected chi connectivity index (χ0v) is 13.4. The normalized spacial score (nSPS) is 16.4. The first-order valence-corrected chi connectivity index (χ1v) is 7.79. The van der Waals surface area contributed by atoms with E-state index in [4.69, 9.17) is 4.74 Å². The first kappa shape index (κ1) is 15.3. The van der Waals surface area contributed by atoms with Gasteiger partial charge in [0.05, 0.1) is 6.61 Å². The lowest BCUT2D eigenvalue weighted by Gasteiger charge is -2.28. The molecule has 112 valence electrons. The van der Waals surface area contributed by atoms with Gasteiger partial charge in [-0.2, -0.15) is 0 Å². The van der Waals surface area contributed by atoms with E-state index in [0.29, 0.717) is 0 Å². The van der Waals surface area contributed by atoms with Gasteiger partial charge in [0.15, 0.2) is 0 Å². The topological polar surface area (TPSA) is 24.5 Å². The van der Waals surface area contributed by atoms with Gasteiger partial charge in [0.25, 0.3) is 0 Å². The highest BCUT2D eigenvalue weighted by Crippen LogP contribution is 2.28. The van der Waals surface area contributed by atoms with E-state index >= 15 is 0 Å². The fourth-order valence-corrected chi connectivity index (χ4v) is 2.99. The Morgan fingerprint density at radius 1 is 1.15 bits per heavy atom. The summed E-state index contributed by atoms with van der Waals surface area (Å²) in [6.07, 6.45) is 1.14. The van der Waals surface area contributed by atoms with Gasteiger partial charge in [-0.3, -0.25) is 0 Å². The van der Waals surface area contributed by atoms with E-state index < -0.39 is 0 Å². The largest absolute Gasteiger partial charge is 0.494 e. The van der Waals surface area contributed by atoms with Crippen LogP contribution < -0.4 is 10.1 Å². The van der Waals surface area contributed by atoms with Crippen LogP contribution in [0.1, 0.15) is 29.2 Å². The van der Waals surface area contributed by atoms with Crippen molar-refractivity contribution in [3.63, 3.8) is 0 Å². The summed E-state index contributed by atoms with van der Waals surface area (Å²) in [6, 6.07) is 2.21. The molecule has 3 heteroatoms. The van der Waals surface area contributed by atoms with E-state index in [2.05, 4.69) is 37.1 Å². The highest BCUT2D eigenvalue weighted by molar-refractivity contribution is 5.48. The highest BCUT2D eigenvalue weighted by atomic mass is 16.5. The van der Waals surface area contributed by atoms with E-state index in [0.717, 1.165) is 38.4 Å². The van der Waals surface area contributed by atoms with Crippen LogP contribution in [-0.4, -0.2) is 44.2 Å². The lowest BCUT2D eigenvalue weighted by molar-refractivity contribution is 0.243. The fraction of sp³-hybridized carbons (Fsp3) is 0.647. The molecule has 1 heterocycles. The maximum atomic E-state index is 5.73. The Balaban J connectivity index is 2.08. The van der Waals surface area contributed by atoms with Gasteiger partial charge in [0.2, 0.25) is 0 Å². The molecule has 0 aliphatic carbocycles. The maximum absolute atomic E-state index is 5.73. The van der Waals surface area contributed by atoms with Gasteiger partial charge in [-0.05, 0) is 62.4 Å². The first-order chi connectivity index (χ1) is 9.63. The van der Waals surface area contributed by atoms with Crippen molar-refractivity contribution in [3.8, 4) is 5.75 Å². The van der Waals surface area contributed by atoms with Crippen LogP contribution in [0.5, 0.6) is 5.75 Å². The van der Waals surface area contributed by atoms with Gasteiger partial charge in [0, 0.05) is 32.7 Å². The predicted molar refractivity (Wildman–Crippen MR) is 84.8 cm³/mol. The highest BCUT2D eigenvalue weighted by Gasteiger charge is 2.14. The van der Waals surface area contributed by atoms with Gasteiger partial charge in [-0.1, -0.05) is 0 Å². The average Bonchev–Trinajstić information content (AvgIpc) is 2.46. The summed E-state index contributed by atoms with van der Waals surface area (Å²) >= 11 is 0. The van der Waals surface area contributed by atoms with E-state index in [1.54, 1.807) is 0 Å². The van der Waals surface area contributed by atoms with Crippen LogP contribution in [0.25, 0.3) is 0 Å². The second kappa shape index (κ2) is 7.09. The zero-order valence-electron chi connectivity index (χ0n) is 13.4. The molecule has 0 spiro atoms. The number of benzene rings is 1. The minimum Gasteiger partial charge on any atom is -0.494 e. The molecule has 0 amide bonds. The molecule has 0 radical (unpaired) electrons. The van der Waals surface area contributed by atoms with Crippen LogP contribution in [0.3, 0.4) is 0 Å². The van der Waals surface area contributed by atoms with E-state index in [1.165, 1.54) is 35.3 Å². The molecule has 20 heavy (non-hydrogen) atoms. The molecule has 0 saturated carbocycles. The predicted octanol–water partition coefficient (Wildman–Crippen LogP) is 2.46. The van der Waals surface area contributed by atoms with Crippen LogP contribution in [-0.2, 0) is 6.42 Å². The standard InChI is InChI=1S/C17H28N2O/c1-5-20-17-12-13(2)16(14(3)15(17)4)6-9-19-10-7-18-8-11-19/h12,18H,5-11H2,1-4H3. The molecule has 1 saturated heterocycles. The van der Waals surface area contributed by atoms with Gasteiger partial charge in [-0.15, -0.1) is 0 Å². The number of ether oxygens (including phenoxy) is 1. The van der Waals surface area contributed by atoms with Crippen molar-refractivity contribution in [2.75, 3.05) is 39.3 Å².